The summed E-state index contributed by atoms with van der Waals surface area (Å²) in [7, 11) is 4.09. The van der Waals surface area contributed by atoms with Crippen LogP contribution in [0.2, 0.25) is 5.02 Å². The monoisotopic (exact) mass is 543 g/mol. The number of carboxylic acid groups (broad SMARTS) is 1. The molecular formula is C29H30ClN7O2. The summed E-state index contributed by atoms with van der Waals surface area (Å²) in [6.45, 7) is 4.28. The number of aliphatic carboxylic acids is 1. The molecule has 2 aliphatic rings. The number of aryl methyl sites for hydroxylation is 1. The number of para-hydroxylation sites is 1. The summed E-state index contributed by atoms with van der Waals surface area (Å²) in [6, 6.07) is 14.2. The molecule has 0 aliphatic carbocycles. The van der Waals surface area contributed by atoms with Gasteiger partial charge in [-0.25, -0.2) is 4.98 Å². The predicted molar refractivity (Wildman–Crippen MR) is 152 cm³/mol. The number of benzene rings is 2. The van der Waals surface area contributed by atoms with Crippen molar-refractivity contribution >= 4 is 40.7 Å². The number of carbonyl (C=O) groups is 1. The predicted octanol–water partition coefficient (Wildman–Crippen LogP) is 5.15. The summed E-state index contributed by atoms with van der Waals surface area (Å²) in [4.78, 5) is 25.3. The quantitative estimate of drug-likeness (QED) is 0.344. The third-order valence-electron chi connectivity index (χ3n) is 7.75. The second-order valence-electron chi connectivity index (χ2n) is 10.7. The van der Waals surface area contributed by atoms with Gasteiger partial charge in [0.2, 0.25) is 5.95 Å². The number of halogens is 1. The van der Waals surface area contributed by atoms with Gasteiger partial charge in [0, 0.05) is 55.2 Å². The Balaban J connectivity index is 1.38. The Morgan fingerprint density at radius 1 is 1.21 bits per heavy atom. The first-order valence-electron chi connectivity index (χ1n) is 12.9. The molecule has 0 fully saturated rings. The molecule has 6 rings (SSSR count). The molecule has 0 radical (unpaired) electrons. The summed E-state index contributed by atoms with van der Waals surface area (Å²) in [5, 5.41) is 17.8. The molecule has 0 spiro atoms. The minimum atomic E-state index is -0.840. The van der Waals surface area contributed by atoms with Gasteiger partial charge in [-0.3, -0.25) is 9.48 Å². The molecule has 2 aromatic carbocycles. The van der Waals surface area contributed by atoms with Crippen LogP contribution in [0, 0.1) is 0 Å². The lowest BCUT2D eigenvalue weighted by molar-refractivity contribution is -0.138. The zero-order valence-corrected chi connectivity index (χ0v) is 22.9. The van der Waals surface area contributed by atoms with E-state index in [0.29, 0.717) is 23.3 Å². The van der Waals surface area contributed by atoms with Gasteiger partial charge in [0.15, 0.2) is 5.82 Å². The number of likely N-dealkylation sites (N-methyl/N-ethyl adjacent to an activating group) is 1. The van der Waals surface area contributed by atoms with Crippen LogP contribution in [-0.2, 0) is 30.2 Å². The van der Waals surface area contributed by atoms with Gasteiger partial charge in [-0.15, -0.1) is 0 Å². The number of carboxylic acids is 1. The highest BCUT2D eigenvalue weighted by Crippen LogP contribution is 2.47. The number of nitrogens with zero attached hydrogens (tertiary/aromatic N) is 6. The van der Waals surface area contributed by atoms with Crippen molar-refractivity contribution in [2.24, 2.45) is 7.05 Å². The van der Waals surface area contributed by atoms with E-state index in [-0.39, 0.29) is 6.42 Å². The van der Waals surface area contributed by atoms with Crippen LogP contribution in [0.15, 0.2) is 54.9 Å². The highest BCUT2D eigenvalue weighted by atomic mass is 35.5. The first-order chi connectivity index (χ1) is 18.7. The highest BCUT2D eigenvalue weighted by Gasteiger charge is 2.42. The Morgan fingerprint density at radius 3 is 2.79 bits per heavy atom. The molecular weight excluding hydrogens is 514 g/mol. The minimum absolute atomic E-state index is 0.00861. The lowest BCUT2D eigenvalue weighted by Crippen LogP contribution is -2.31. The molecule has 1 unspecified atom stereocenters. The maximum absolute atomic E-state index is 11.7. The molecule has 2 N–H and O–H groups in total. The van der Waals surface area contributed by atoms with Gasteiger partial charge in [0.25, 0.3) is 0 Å². The van der Waals surface area contributed by atoms with E-state index < -0.39 is 11.4 Å². The van der Waals surface area contributed by atoms with Crippen LogP contribution in [0.4, 0.5) is 23.1 Å². The second-order valence-corrected chi connectivity index (χ2v) is 11.1. The largest absolute Gasteiger partial charge is 0.481 e. The lowest BCUT2D eigenvalue weighted by atomic mass is 9.81. The molecule has 4 heterocycles. The minimum Gasteiger partial charge on any atom is -0.481 e. The molecule has 200 valence electrons. The van der Waals surface area contributed by atoms with E-state index in [2.05, 4.69) is 39.5 Å². The molecule has 2 aliphatic heterocycles. The molecule has 0 amide bonds. The average Bonchev–Trinajstić information content (AvgIpc) is 3.45. The number of anilines is 4. The molecule has 2 aromatic heterocycles. The number of hydrogen-bond donors (Lipinski definition) is 2. The molecule has 10 heteroatoms. The summed E-state index contributed by atoms with van der Waals surface area (Å²) < 4.78 is 1.90. The van der Waals surface area contributed by atoms with Crippen LogP contribution >= 0.6 is 11.6 Å². The van der Waals surface area contributed by atoms with Crippen LogP contribution in [0.5, 0.6) is 0 Å². The molecule has 39 heavy (non-hydrogen) atoms. The lowest BCUT2D eigenvalue weighted by Gasteiger charge is -2.28. The van der Waals surface area contributed by atoms with Crippen LogP contribution < -0.4 is 10.2 Å². The first-order valence-corrected chi connectivity index (χ1v) is 13.3. The summed E-state index contributed by atoms with van der Waals surface area (Å²) in [5.41, 5.74) is 6.99. The van der Waals surface area contributed by atoms with Gasteiger partial charge in [-0.1, -0.05) is 36.7 Å². The van der Waals surface area contributed by atoms with E-state index in [1.165, 1.54) is 11.1 Å². The van der Waals surface area contributed by atoms with Gasteiger partial charge in [-0.05, 0) is 54.4 Å². The highest BCUT2D eigenvalue weighted by molar-refractivity contribution is 6.33. The fourth-order valence-corrected chi connectivity index (χ4v) is 6.12. The van der Waals surface area contributed by atoms with Gasteiger partial charge in [-0.2, -0.15) is 10.1 Å². The van der Waals surface area contributed by atoms with Gasteiger partial charge in [0.05, 0.1) is 18.3 Å². The summed E-state index contributed by atoms with van der Waals surface area (Å²) in [6.07, 6.45) is 4.39. The van der Waals surface area contributed by atoms with Crippen molar-refractivity contribution in [2.75, 3.05) is 30.4 Å². The van der Waals surface area contributed by atoms with Gasteiger partial charge >= 0.3 is 5.97 Å². The molecule has 4 aromatic rings. The second kappa shape index (κ2) is 9.66. The Labute approximate surface area is 232 Å². The van der Waals surface area contributed by atoms with Crippen molar-refractivity contribution < 1.29 is 9.90 Å². The fourth-order valence-electron chi connectivity index (χ4n) is 5.93. The van der Waals surface area contributed by atoms with Crippen molar-refractivity contribution in [3.05, 3.63) is 76.6 Å². The van der Waals surface area contributed by atoms with Crippen molar-refractivity contribution in [3.8, 4) is 11.3 Å². The van der Waals surface area contributed by atoms with E-state index in [9.17, 15) is 9.90 Å². The number of fused-ring (bicyclic) bond motifs is 2. The molecule has 0 saturated heterocycles. The van der Waals surface area contributed by atoms with Crippen LogP contribution in [-0.4, -0.2) is 55.9 Å². The van der Waals surface area contributed by atoms with E-state index in [1.54, 1.807) is 6.20 Å². The topological polar surface area (TPSA) is 99.4 Å². The third-order valence-corrected chi connectivity index (χ3v) is 8.02. The average molecular weight is 544 g/mol. The fraction of sp³-hybridized carbons (Fsp3) is 0.310. The smallest absolute Gasteiger partial charge is 0.304 e. The van der Waals surface area contributed by atoms with Gasteiger partial charge < -0.3 is 20.2 Å². The third kappa shape index (κ3) is 4.62. The normalized spacial score (nSPS) is 18.6. The van der Waals surface area contributed by atoms with E-state index in [4.69, 9.17) is 16.6 Å². The van der Waals surface area contributed by atoms with Crippen molar-refractivity contribution in [1.29, 1.82) is 0 Å². The standard InChI is InChI=1S/C29H30ClN7O2/c1-29(14-26(38)39)17-37(25-7-5-4-6-22(25)29)27-23(30)15-31-28(34-27)33-19-12-18-16-35(2)11-9-20(18)21(13-19)24-8-10-32-36(24)3/h4-8,10,12-13,15H,9,11,14,16-17H2,1-3H3,(H,38,39)(H,31,33,34). The van der Waals surface area contributed by atoms with Crippen molar-refractivity contribution in [2.45, 2.75) is 31.7 Å². The Kier molecular flexibility index (Phi) is 6.28. The van der Waals surface area contributed by atoms with E-state index in [0.717, 1.165) is 47.7 Å². The van der Waals surface area contributed by atoms with Crippen LogP contribution in [0.1, 0.15) is 30.0 Å². The maximum Gasteiger partial charge on any atom is 0.304 e. The van der Waals surface area contributed by atoms with Gasteiger partial charge in [0.1, 0.15) is 5.02 Å². The Hall–Kier alpha value is -3.95. The Bertz CT molecular complexity index is 1590. The number of nitrogens with one attached hydrogen (secondary N) is 1. The molecule has 9 nitrogen and oxygen atoms in total. The maximum atomic E-state index is 11.7. The van der Waals surface area contributed by atoms with Crippen molar-refractivity contribution in [3.63, 3.8) is 0 Å². The number of aromatic nitrogens is 4. The molecule has 0 saturated carbocycles. The molecule has 1 atom stereocenters. The number of rotatable bonds is 6. The Morgan fingerprint density at radius 2 is 2.03 bits per heavy atom. The zero-order valence-electron chi connectivity index (χ0n) is 22.1. The SMILES string of the molecule is CN1CCc2c(cc(Nc3ncc(Cl)c(N4CC(C)(CC(=O)O)c5ccccc54)n3)cc2-c2ccnn2C)C1. The van der Waals surface area contributed by atoms with E-state index >= 15 is 0 Å². The molecule has 0 bridgehead atoms. The van der Waals surface area contributed by atoms with Crippen LogP contribution in [0.3, 0.4) is 0 Å². The summed E-state index contributed by atoms with van der Waals surface area (Å²) >= 11 is 6.64. The number of hydrogen-bond acceptors (Lipinski definition) is 7. The van der Waals surface area contributed by atoms with Crippen molar-refractivity contribution in [1.82, 2.24) is 24.6 Å². The zero-order chi connectivity index (χ0) is 27.3. The first kappa shape index (κ1) is 25.3. The summed E-state index contributed by atoms with van der Waals surface area (Å²) in [5.74, 6) is 0.117. The van der Waals surface area contributed by atoms with Crippen LogP contribution in [0.25, 0.3) is 11.3 Å². The van der Waals surface area contributed by atoms with E-state index in [1.807, 2.05) is 60.1 Å².